The van der Waals surface area contributed by atoms with Crippen molar-refractivity contribution in [2.24, 2.45) is 0 Å². The van der Waals surface area contributed by atoms with Crippen molar-refractivity contribution >= 4 is 64.3 Å². The zero-order valence-electron chi connectivity index (χ0n) is 15.9. The predicted molar refractivity (Wildman–Crippen MR) is 135 cm³/mol. The standard InChI is InChI=1S/C13H9.C11H8BrS.2ClH.H2S.Zr/c1-3-7-12-10(5-1)9-11-6-2-4-8-13(11)12;12-11-10-8(6-13-11)5-7-3-1-2-4-9(7)10;;;;/h1-7H,9H2;1-3,5,10-11H,6H2;2*1H;1H2;/q2*-1;;;;+2/p-3. The number of benzene rings is 3. The number of fused-ring (bicyclic) bond motifs is 6. The molecule has 154 valence electrons. The van der Waals surface area contributed by atoms with Crippen molar-refractivity contribution < 1.29 is 20.8 Å². The molecule has 0 saturated carbocycles. The van der Waals surface area contributed by atoms with E-state index < -0.39 is 20.8 Å². The Hall–Kier alpha value is 0.0431. The summed E-state index contributed by atoms with van der Waals surface area (Å²) < 4.78 is 0.554. The van der Waals surface area contributed by atoms with Gasteiger partial charge in [-0.2, -0.15) is 24.3 Å². The minimum absolute atomic E-state index is 0. The summed E-state index contributed by atoms with van der Waals surface area (Å²) in [4.78, 5) is 0. The third-order valence-corrected chi connectivity index (χ3v) is 7.67. The number of thioether (sulfide) groups is 1. The Morgan fingerprint density at radius 3 is 2.50 bits per heavy atom. The molecular weight excluding hydrogens is 594 g/mol. The van der Waals surface area contributed by atoms with Gasteiger partial charge >= 0.3 is 37.9 Å². The Balaban J connectivity index is 0.000000147. The van der Waals surface area contributed by atoms with Crippen LogP contribution in [0, 0.1) is 12.1 Å². The molecule has 0 N–H and O–H groups in total. The van der Waals surface area contributed by atoms with Gasteiger partial charge in [0.2, 0.25) is 0 Å². The van der Waals surface area contributed by atoms with Crippen LogP contribution in [0.25, 0.3) is 17.2 Å². The second kappa shape index (κ2) is 11.8. The van der Waals surface area contributed by atoms with Gasteiger partial charge in [-0.05, 0) is 6.42 Å². The van der Waals surface area contributed by atoms with E-state index in [1.807, 2.05) is 23.9 Å². The molecule has 1 heterocycles. The molecular formula is C24H18BrCl2S2Zr-3. The van der Waals surface area contributed by atoms with Crippen LogP contribution in [0.4, 0.5) is 0 Å². The SMILES string of the molecule is BrC1SCC2=Cc3ccc[c-]c3C21.[Cl][Zr][Cl].[SH-].[c-]1cccc2c1-c1ccccc1C2. The fraction of sp³-hybridized carbons (Fsp3) is 0.167. The number of rotatable bonds is 0. The number of alkyl halides is 1. The number of thiol groups is 1. The molecule has 2 aliphatic carbocycles. The summed E-state index contributed by atoms with van der Waals surface area (Å²) in [6.45, 7) is 0. The molecule has 1 aliphatic heterocycles. The molecule has 0 nitrogen and oxygen atoms in total. The van der Waals surface area contributed by atoms with Crippen molar-refractivity contribution in [3.8, 4) is 11.1 Å². The van der Waals surface area contributed by atoms with Gasteiger partial charge in [0.05, 0.1) is 4.16 Å². The Labute approximate surface area is 217 Å². The van der Waals surface area contributed by atoms with E-state index in [1.165, 1.54) is 39.1 Å². The summed E-state index contributed by atoms with van der Waals surface area (Å²) in [6.07, 6.45) is 3.40. The van der Waals surface area contributed by atoms with Gasteiger partial charge in [0.1, 0.15) is 0 Å². The quantitative estimate of drug-likeness (QED) is 0.0869. The van der Waals surface area contributed by atoms with Crippen molar-refractivity contribution in [2.45, 2.75) is 16.5 Å². The molecule has 6 rings (SSSR count). The predicted octanol–water partition coefficient (Wildman–Crippen LogP) is 7.60. The average molecular weight is 613 g/mol. The van der Waals surface area contributed by atoms with E-state index in [-0.39, 0.29) is 13.5 Å². The molecule has 3 aliphatic rings. The second-order valence-corrected chi connectivity index (χ2v) is 13.3. The van der Waals surface area contributed by atoms with Crippen LogP contribution in [-0.4, -0.2) is 9.91 Å². The van der Waals surface area contributed by atoms with Gasteiger partial charge in [-0.15, -0.1) is 64.4 Å². The summed E-state index contributed by atoms with van der Waals surface area (Å²) in [5.74, 6) is 1.75. The zero-order chi connectivity index (χ0) is 20.2. The fourth-order valence-electron chi connectivity index (χ4n) is 4.03. The monoisotopic (exact) mass is 609 g/mol. The molecule has 0 aromatic heterocycles. The van der Waals surface area contributed by atoms with Crippen LogP contribution in [0.15, 0.2) is 66.2 Å². The first-order valence-corrected chi connectivity index (χ1v) is 17.5. The zero-order valence-corrected chi connectivity index (χ0v) is 23.2. The van der Waals surface area contributed by atoms with Gasteiger partial charge in [0.25, 0.3) is 0 Å². The molecule has 2 unspecified atom stereocenters. The Morgan fingerprint density at radius 2 is 1.67 bits per heavy atom. The van der Waals surface area contributed by atoms with E-state index >= 15 is 0 Å². The Kier molecular flexibility index (Phi) is 9.69. The minimum atomic E-state index is -0.826. The van der Waals surface area contributed by atoms with E-state index in [1.54, 1.807) is 5.57 Å². The maximum atomic E-state index is 4.93. The van der Waals surface area contributed by atoms with Crippen LogP contribution in [-0.2, 0) is 40.8 Å². The van der Waals surface area contributed by atoms with Crippen molar-refractivity contribution in [3.63, 3.8) is 0 Å². The van der Waals surface area contributed by atoms with E-state index in [4.69, 9.17) is 17.0 Å². The second-order valence-electron chi connectivity index (χ2n) is 6.87. The smallest absolute Gasteiger partial charge is 0.0454 e. The number of hydrogen-bond acceptors (Lipinski definition) is 2. The molecule has 0 bridgehead atoms. The van der Waals surface area contributed by atoms with E-state index in [0.717, 1.165) is 6.42 Å². The first-order chi connectivity index (χ1) is 14.2. The van der Waals surface area contributed by atoms with Crippen LogP contribution in [0.2, 0.25) is 0 Å². The molecule has 2 atom stereocenters. The molecule has 1 saturated heterocycles. The molecule has 3 aromatic carbocycles. The minimum Gasteiger partial charge on any atom is -0.813 e. The maximum absolute atomic E-state index is 4.93. The van der Waals surface area contributed by atoms with Crippen molar-refractivity contribution in [3.05, 3.63) is 101 Å². The average Bonchev–Trinajstić information content (AvgIpc) is 3.41. The number of halogens is 3. The molecule has 30 heavy (non-hydrogen) atoms. The van der Waals surface area contributed by atoms with Crippen LogP contribution in [0.5, 0.6) is 0 Å². The first kappa shape index (κ1) is 24.7. The van der Waals surface area contributed by atoms with E-state index in [0.29, 0.717) is 10.1 Å². The van der Waals surface area contributed by atoms with Gasteiger partial charge < -0.3 is 13.5 Å². The third kappa shape index (κ3) is 5.33. The van der Waals surface area contributed by atoms with Crippen LogP contribution in [0.1, 0.15) is 28.2 Å². The Morgan fingerprint density at radius 1 is 0.967 bits per heavy atom. The largest absolute Gasteiger partial charge is 0.813 e. The molecule has 0 amide bonds. The van der Waals surface area contributed by atoms with Gasteiger partial charge in [0, 0.05) is 11.7 Å². The first-order valence-electron chi connectivity index (χ1n) is 9.23. The van der Waals surface area contributed by atoms with Gasteiger partial charge in [-0.25, -0.2) is 0 Å². The van der Waals surface area contributed by atoms with E-state index in [9.17, 15) is 0 Å². The van der Waals surface area contributed by atoms with Crippen molar-refractivity contribution in [1.29, 1.82) is 0 Å². The normalized spacial score (nSPS) is 18.7. The topological polar surface area (TPSA) is 0 Å². The van der Waals surface area contributed by atoms with Gasteiger partial charge in [0.15, 0.2) is 0 Å². The molecule has 6 heteroatoms. The number of hydrogen-bond donors (Lipinski definition) is 0. The summed E-state index contributed by atoms with van der Waals surface area (Å²) in [6, 6.07) is 27.7. The molecule has 0 spiro atoms. The summed E-state index contributed by atoms with van der Waals surface area (Å²) in [5, 5.41) is 0. The molecule has 1 fully saturated rings. The van der Waals surface area contributed by atoms with Crippen LogP contribution < -0.4 is 0 Å². The van der Waals surface area contributed by atoms with Crippen LogP contribution in [0.3, 0.4) is 0 Å². The summed E-state index contributed by atoms with van der Waals surface area (Å²) in [7, 11) is 9.87. The third-order valence-electron chi connectivity index (χ3n) is 5.25. The fourth-order valence-corrected chi connectivity index (χ4v) is 6.15. The molecule has 3 aromatic rings. The Bertz CT molecular complexity index is 997. The molecule has 0 radical (unpaired) electrons. The van der Waals surface area contributed by atoms with Crippen molar-refractivity contribution in [2.75, 3.05) is 5.75 Å². The van der Waals surface area contributed by atoms with Crippen LogP contribution >= 0.6 is 44.7 Å². The summed E-state index contributed by atoms with van der Waals surface area (Å²) >= 11 is 4.87. The van der Waals surface area contributed by atoms with Crippen molar-refractivity contribution in [1.82, 2.24) is 0 Å². The summed E-state index contributed by atoms with van der Waals surface area (Å²) in [5.41, 5.74) is 9.79. The maximum Gasteiger partial charge on any atom is -0.0454 e. The van der Waals surface area contributed by atoms with Gasteiger partial charge in [-0.1, -0.05) is 56.9 Å². The van der Waals surface area contributed by atoms with Gasteiger partial charge in [-0.3, -0.25) is 0 Å². The van der Waals surface area contributed by atoms with E-state index in [2.05, 4.69) is 82.7 Å².